The molecule has 0 radical (unpaired) electrons. The molecule has 0 spiro atoms. The Kier molecular flexibility index (Phi) is 4.41. The largest absolute Gasteiger partial charge is 0.358 e. The first-order valence-electron chi connectivity index (χ1n) is 4.13. The molecule has 1 rings (SSSR count). The second kappa shape index (κ2) is 5.39. The molecule has 1 fully saturated rings. The highest BCUT2D eigenvalue weighted by atomic mass is 32.2. The van der Waals surface area contributed by atoms with Crippen molar-refractivity contribution in [1.82, 2.24) is 4.90 Å². The average Bonchev–Trinajstić information content (AvgIpc) is 2.56. The zero-order valence-electron chi connectivity index (χ0n) is 6.95. The fourth-order valence-electron chi connectivity index (χ4n) is 1.17. The summed E-state index contributed by atoms with van der Waals surface area (Å²) >= 11 is 6.84. The molecule has 66 valence electrons. The summed E-state index contributed by atoms with van der Waals surface area (Å²) in [7, 11) is 0. The van der Waals surface area contributed by atoms with Crippen molar-refractivity contribution in [2.24, 2.45) is 0 Å². The normalized spacial score (nSPS) is 16.1. The van der Waals surface area contributed by atoms with E-state index in [-0.39, 0.29) is 0 Å². The molecule has 0 aromatic heterocycles. The van der Waals surface area contributed by atoms with Gasteiger partial charge >= 0.3 is 0 Å². The zero-order valence-corrected chi connectivity index (χ0v) is 8.59. The molecule has 1 saturated heterocycles. The summed E-state index contributed by atoms with van der Waals surface area (Å²) < 4.78 is 0.975. The van der Waals surface area contributed by atoms with Gasteiger partial charge in [0.2, 0.25) is 0 Å². The molecule has 12 heavy (non-hydrogen) atoms. The van der Waals surface area contributed by atoms with Crippen LogP contribution in [0.1, 0.15) is 19.3 Å². The lowest BCUT2D eigenvalue weighted by atomic mass is 10.4. The summed E-state index contributed by atoms with van der Waals surface area (Å²) in [6.07, 6.45) is 3.12. The fraction of sp³-hybridized carbons (Fsp3) is 0.750. The third-order valence-electron chi connectivity index (χ3n) is 1.80. The Morgan fingerprint density at radius 2 is 2.17 bits per heavy atom. The fourth-order valence-corrected chi connectivity index (χ4v) is 2.34. The van der Waals surface area contributed by atoms with Crippen LogP contribution in [0.4, 0.5) is 0 Å². The number of rotatable bonds is 2. The molecule has 1 aliphatic rings. The van der Waals surface area contributed by atoms with Crippen molar-refractivity contribution in [3.05, 3.63) is 0 Å². The van der Waals surface area contributed by atoms with Crippen LogP contribution in [0.2, 0.25) is 0 Å². The van der Waals surface area contributed by atoms with Gasteiger partial charge in [-0.15, -0.1) is 0 Å². The molecule has 0 unspecified atom stereocenters. The first-order valence-corrected chi connectivity index (χ1v) is 5.52. The van der Waals surface area contributed by atoms with Crippen LogP contribution in [-0.2, 0) is 0 Å². The predicted molar refractivity (Wildman–Crippen MR) is 56.1 cm³/mol. The minimum atomic E-state index is 0.596. The molecule has 1 aliphatic heterocycles. The number of hydrogen-bond acceptors (Lipinski definition) is 3. The van der Waals surface area contributed by atoms with Crippen molar-refractivity contribution in [3.8, 4) is 6.07 Å². The van der Waals surface area contributed by atoms with E-state index in [2.05, 4.69) is 11.0 Å². The lowest BCUT2D eigenvalue weighted by Crippen LogP contribution is -2.23. The van der Waals surface area contributed by atoms with Gasteiger partial charge in [-0.25, -0.2) is 0 Å². The van der Waals surface area contributed by atoms with Crippen LogP contribution in [0.25, 0.3) is 0 Å². The highest BCUT2D eigenvalue weighted by Crippen LogP contribution is 2.16. The summed E-state index contributed by atoms with van der Waals surface area (Å²) in [6.45, 7) is 2.22. The molecule has 0 amide bonds. The van der Waals surface area contributed by atoms with Gasteiger partial charge in [0.05, 0.1) is 6.07 Å². The third kappa shape index (κ3) is 3.00. The van der Waals surface area contributed by atoms with E-state index in [1.54, 1.807) is 11.8 Å². The van der Waals surface area contributed by atoms with Crippen molar-refractivity contribution >= 4 is 28.3 Å². The summed E-state index contributed by atoms with van der Waals surface area (Å²) in [4.78, 5) is 2.23. The molecule has 0 aliphatic carbocycles. The molecular formula is C8H12N2S2. The van der Waals surface area contributed by atoms with Gasteiger partial charge in [0.15, 0.2) is 0 Å². The van der Waals surface area contributed by atoms with Crippen molar-refractivity contribution in [2.45, 2.75) is 19.3 Å². The first kappa shape index (κ1) is 9.82. The van der Waals surface area contributed by atoms with E-state index in [4.69, 9.17) is 17.5 Å². The van der Waals surface area contributed by atoms with Crippen LogP contribution in [0.5, 0.6) is 0 Å². The minimum Gasteiger partial charge on any atom is -0.358 e. The van der Waals surface area contributed by atoms with Crippen molar-refractivity contribution in [2.75, 3.05) is 18.8 Å². The topological polar surface area (TPSA) is 27.0 Å². The van der Waals surface area contributed by atoms with Gasteiger partial charge in [-0.05, 0) is 12.8 Å². The van der Waals surface area contributed by atoms with Crippen LogP contribution in [0.15, 0.2) is 0 Å². The van der Waals surface area contributed by atoms with Crippen molar-refractivity contribution in [1.29, 1.82) is 5.26 Å². The Labute approximate surface area is 82.9 Å². The Morgan fingerprint density at radius 1 is 1.50 bits per heavy atom. The summed E-state index contributed by atoms with van der Waals surface area (Å²) in [5.41, 5.74) is 0. The summed E-state index contributed by atoms with van der Waals surface area (Å²) in [5, 5.41) is 8.32. The highest BCUT2D eigenvalue weighted by molar-refractivity contribution is 8.22. The molecule has 2 nitrogen and oxygen atoms in total. The smallest absolute Gasteiger partial charge is 0.136 e. The lowest BCUT2D eigenvalue weighted by Gasteiger charge is -2.16. The molecule has 0 bridgehead atoms. The maximum absolute atomic E-state index is 8.32. The summed E-state index contributed by atoms with van der Waals surface area (Å²) in [5.74, 6) is 0.839. The van der Waals surface area contributed by atoms with Crippen molar-refractivity contribution < 1.29 is 0 Å². The molecule has 0 N–H and O–H groups in total. The molecular weight excluding hydrogens is 188 g/mol. The summed E-state index contributed by atoms with van der Waals surface area (Å²) in [6, 6.07) is 2.11. The first-order chi connectivity index (χ1) is 5.84. The van der Waals surface area contributed by atoms with Gasteiger partial charge in [-0.1, -0.05) is 24.0 Å². The third-order valence-corrected chi connectivity index (χ3v) is 3.33. The van der Waals surface area contributed by atoms with E-state index < -0.39 is 0 Å². The van der Waals surface area contributed by atoms with Gasteiger partial charge in [-0.2, -0.15) is 5.26 Å². The van der Waals surface area contributed by atoms with Gasteiger partial charge in [0.25, 0.3) is 0 Å². The van der Waals surface area contributed by atoms with E-state index in [0.717, 1.165) is 23.2 Å². The Bertz CT molecular complexity index is 192. The van der Waals surface area contributed by atoms with Gasteiger partial charge < -0.3 is 4.90 Å². The van der Waals surface area contributed by atoms with E-state index in [1.165, 1.54) is 12.8 Å². The second-order valence-electron chi connectivity index (χ2n) is 2.72. The quantitative estimate of drug-likeness (QED) is 0.503. The van der Waals surface area contributed by atoms with Crippen LogP contribution < -0.4 is 0 Å². The predicted octanol–water partition coefficient (Wildman–Crippen LogP) is 2.01. The molecule has 0 atom stereocenters. The highest BCUT2D eigenvalue weighted by Gasteiger charge is 2.14. The molecule has 0 aromatic rings. The zero-order chi connectivity index (χ0) is 8.81. The second-order valence-corrected chi connectivity index (χ2v) is 4.45. The molecule has 4 heteroatoms. The maximum atomic E-state index is 8.32. The average molecular weight is 200 g/mol. The van der Waals surface area contributed by atoms with Gasteiger partial charge in [0.1, 0.15) is 4.32 Å². The standard InChI is InChI=1S/C8H12N2S2/c9-4-3-7-12-8(11)10-5-1-2-6-10/h1-3,5-7H2. The van der Waals surface area contributed by atoms with Crippen LogP contribution >= 0.6 is 24.0 Å². The van der Waals surface area contributed by atoms with Crippen LogP contribution in [0, 0.1) is 11.3 Å². The minimum absolute atomic E-state index is 0.596. The SMILES string of the molecule is N#CCCSC(=S)N1CCCC1. The Morgan fingerprint density at radius 3 is 2.75 bits per heavy atom. The number of thiocarbonyl (C=S) groups is 1. The van der Waals surface area contributed by atoms with Crippen LogP contribution in [-0.4, -0.2) is 28.1 Å². The van der Waals surface area contributed by atoms with Crippen LogP contribution in [0.3, 0.4) is 0 Å². The lowest BCUT2D eigenvalue weighted by molar-refractivity contribution is 0.539. The number of thioether (sulfide) groups is 1. The Balaban J connectivity index is 2.15. The monoisotopic (exact) mass is 200 g/mol. The number of nitriles is 1. The Hall–Kier alpha value is -0.270. The van der Waals surface area contributed by atoms with Gasteiger partial charge in [0, 0.05) is 25.3 Å². The van der Waals surface area contributed by atoms with Crippen molar-refractivity contribution in [3.63, 3.8) is 0 Å². The van der Waals surface area contributed by atoms with E-state index in [9.17, 15) is 0 Å². The van der Waals surface area contributed by atoms with Gasteiger partial charge in [-0.3, -0.25) is 0 Å². The van der Waals surface area contributed by atoms with E-state index >= 15 is 0 Å². The number of likely N-dealkylation sites (tertiary alicyclic amines) is 1. The number of hydrogen-bond donors (Lipinski definition) is 0. The molecule has 1 heterocycles. The molecule has 0 aromatic carbocycles. The van der Waals surface area contributed by atoms with E-state index in [1.807, 2.05) is 0 Å². The molecule has 0 saturated carbocycles. The van der Waals surface area contributed by atoms with E-state index in [0.29, 0.717) is 6.42 Å². The number of nitrogens with zero attached hydrogens (tertiary/aromatic N) is 2. The maximum Gasteiger partial charge on any atom is 0.136 e.